The summed E-state index contributed by atoms with van der Waals surface area (Å²) >= 11 is 0. The molecule has 0 amide bonds. The Morgan fingerprint density at radius 1 is 1.28 bits per heavy atom. The quantitative estimate of drug-likeness (QED) is 0.290. The van der Waals surface area contributed by atoms with E-state index in [4.69, 9.17) is 14.8 Å². The number of carboxylic acid groups (broad SMARTS) is 2. The van der Waals surface area contributed by atoms with Gasteiger partial charge in [-0.2, -0.15) is 8.42 Å². The van der Waals surface area contributed by atoms with Gasteiger partial charge in [-0.3, -0.25) is 14.1 Å². The Hall–Kier alpha value is -1.27. The topological polar surface area (TPSA) is 170 Å². The van der Waals surface area contributed by atoms with Gasteiger partial charge in [-0.1, -0.05) is 0 Å². The lowest BCUT2D eigenvalue weighted by Crippen LogP contribution is -2.43. The molecule has 5 N–H and O–H groups in total. The van der Waals surface area contributed by atoms with Gasteiger partial charge >= 0.3 is 22.3 Å². The Bertz CT molecular complexity index is 392. The van der Waals surface area contributed by atoms with E-state index in [0.29, 0.717) is 0 Å². The Morgan fingerprint density at radius 3 is 2.22 bits per heavy atom. The molecule has 0 rings (SSSR count). The van der Waals surface area contributed by atoms with E-state index in [9.17, 15) is 23.1 Å². The number of carboxylic acids is 2. The van der Waals surface area contributed by atoms with Gasteiger partial charge in [0, 0.05) is 6.54 Å². The van der Waals surface area contributed by atoms with Gasteiger partial charge in [0.25, 0.3) is 0 Å². The van der Waals surface area contributed by atoms with Crippen LogP contribution in [0.4, 0.5) is 0 Å². The van der Waals surface area contributed by atoms with Gasteiger partial charge in [-0.25, -0.2) is 4.18 Å². The second-order valence-corrected chi connectivity index (χ2v) is 4.35. The van der Waals surface area contributed by atoms with Crippen LogP contribution in [0.2, 0.25) is 0 Å². The number of nitrogens with one attached hydrogen (secondary N) is 1. The van der Waals surface area contributed by atoms with Crippen LogP contribution in [0, 0.1) is 0 Å². The molecule has 0 aromatic rings. The lowest BCUT2D eigenvalue weighted by atomic mass is 10.2. The highest BCUT2D eigenvalue weighted by molar-refractivity contribution is 7.80. The van der Waals surface area contributed by atoms with Crippen LogP contribution in [0.1, 0.15) is 6.42 Å². The van der Waals surface area contributed by atoms with E-state index in [2.05, 4.69) is 9.50 Å². The number of rotatable bonds is 9. The van der Waals surface area contributed by atoms with Crippen molar-refractivity contribution in [3.05, 3.63) is 0 Å². The average Bonchev–Trinajstić information content (AvgIpc) is 2.19. The number of hydrogen-bond donors (Lipinski definition) is 5. The minimum atomic E-state index is -4.69. The van der Waals surface area contributed by atoms with Crippen molar-refractivity contribution in [1.82, 2.24) is 5.32 Å². The first-order valence-electron chi connectivity index (χ1n) is 4.59. The number of aliphatic hydroxyl groups excluding tert-OH is 1. The van der Waals surface area contributed by atoms with Crippen LogP contribution in [-0.2, 0) is 24.2 Å². The Balaban J connectivity index is 4.11. The first kappa shape index (κ1) is 16.7. The van der Waals surface area contributed by atoms with E-state index in [0.717, 1.165) is 0 Å². The van der Waals surface area contributed by atoms with Crippen molar-refractivity contribution in [3.63, 3.8) is 0 Å². The van der Waals surface area contributed by atoms with E-state index in [1.54, 1.807) is 0 Å². The fourth-order valence-corrected chi connectivity index (χ4v) is 1.25. The van der Waals surface area contributed by atoms with Crippen LogP contribution < -0.4 is 5.32 Å². The van der Waals surface area contributed by atoms with Crippen molar-refractivity contribution in [2.24, 2.45) is 0 Å². The summed E-state index contributed by atoms with van der Waals surface area (Å²) in [6.07, 6.45) is -2.14. The van der Waals surface area contributed by atoms with Crippen LogP contribution in [0.5, 0.6) is 0 Å². The highest BCUT2D eigenvalue weighted by Crippen LogP contribution is 1.95. The maximum atomic E-state index is 10.6. The number of carbonyl (C=O) groups is 2. The SMILES string of the molecule is O=C(O)C[C@H](NCC(O)COS(=O)(=O)O)C(=O)O. The van der Waals surface area contributed by atoms with Crippen molar-refractivity contribution in [1.29, 1.82) is 0 Å². The molecule has 0 fully saturated rings. The van der Waals surface area contributed by atoms with E-state index in [-0.39, 0.29) is 0 Å². The monoisotopic (exact) mass is 287 g/mol. The molecule has 18 heavy (non-hydrogen) atoms. The summed E-state index contributed by atoms with van der Waals surface area (Å²) in [7, 11) is -4.69. The summed E-state index contributed by atoms with van der Waals surface area (Å²) in [5.41, 5.74) is 0. The van der Waals surface area contributed by atoms with E-state index < -0.39 is 54.1 Å². The summed E-state index contributed by atoms with van der Waals surface area (Å²) in [6, 6.07) is -1.43. The molecule has 0 heterocycles. The highest BCUT2D eigenvalue weighted by Gasteiger charge is 2.21. The Labute approximate surface area is 102 Å². The third-order valence-corrected chi connectivity index (χ3v) is 2.12. The fourth-order valence-electron chi connectivity index (χ4n) is 0.923. The molecule has 2 atom stereocenters. The van der Waals surface area contributed by atoms with Gasteiger partial charge in [0.15, 0.2) is 0 Å². The molecule has 0 aromatic carbocycles. The average molecular weight is 287 g/mol. The standard InChI is InChI=1S/C7H13NO9S/c9-4(3-17-18(14,15)16)2-8-5(7(12)13)1-6(10)11/h4-5,8-9H,1-3H2,(H,10,11)(H,12,13)(H,14,15,16)/t4?,5-/m0/s1. The molecule has 0 spiro atoms. The number of hydrogen-bond acceptors (Lipinski definition) is 7. The zero-order valence-electron chi connectivity index (χ0n) is 9.01. The molecule has 11 heteroatoms. The van der Waals surface area contributed by atoms with Crippen LogP contribution in [0.3, 0.4) is 0 Å². The van der Waals surface area contributed by atoms with E-state index in [1.807, 2.05) is 0 Å². The third-order valence-electron chi connectivity index (χ3n) is 1.69. The molecule has 0 aliphatic rings. The lowest BCUT2D eigenvalue weighted by Gasteiger charge is -2.15. The van der Waals surface area contributed by atoms with Crippen LogP contribution in [-0.4, -0.2) is 65.5 Å². The minimum Gasteiger partial charge on any atom is -0.481 e. The van der Waals surface area contributed by atoms with E-state index >= 15 is 0 Å². The largest absolute Gasteiger partial charge is 0.481 e. The summed E-state index contributed by atoms with van der Waals surface area (Å²) in [5.74, 6) is -2.78. The molecular weight excluding hydrogens is 274 g/mol. The van der Waals surface area contributed by atoms with Crippen molar-refractivity contribution in [3.8, 4) is 0 Å². The maximum absolute atomic E-state index is 10.6. The van der Waals surface area contributed by atoms with Crippen molar-refractivity contribution in [2.75, 3.05) is 13.2 Å². The van der Waals surface area contributed by atoms with Crippen molar-refractivity contribution in [2.45, 2.75) is 18.6 Å². The van der Waals surface area contributed by atoms with Gasteiger partial charge in [0.1, 0.15) is 6.04 Å². The second kappa shape index (κ2) is 7.23. The Kier molecular flexibility index (Phi) is 6.72. The molecule has 0 aliphatic heterocycles. The lowest BCUT2D eigenvalue weighted by molar-refractivity contribution is -0.146. The minimum absolute atomic E-state index is 0.417. The van der Waals surface area contributed by atoms with Gasteiger partial charge in [-0.05, 0) is 0 Å². The molecule has 0 radical (unpaired) electrons. The van der Waals surface area contributed by atoms with E-state index in [1.165, 1.54) is 0 Å². The highest BCUT2D eigenvalue weighted by atomic mass is 32.3. The van der Waals surface area contributed by atoms with Crippen molar-refractivity contribution >= 4 is 22.3 Å². The van der Waals surface area contributed by atoms with Crippen LogP contribution in [0.25, 0.3) is 0 Å². The maximum Gasteiger partial charge on any atom is 0.397 e. The fraction of sp³-hybridized carbons (Fsp3) is 0.714. The third kappa shape index (κ3) is 8.83. The van der Waals surface area contributed by atoms with Crippen molar-refractivity contribution < 1.29 is 42.1 Å². The first-order valence-corrected chi connectivity index (χ1v) is 5.96. The zero-order valence-corrected chi connectivity index (χ0v) is 9.83. The predicted molar refractivity (Wildman–Crippen MR) is 55.2 cm³/mol. The van der Waals surface area contributed by atoms with Crippen LogP contribution >= 0.6 is 0 Å². The summed E-state index contributed by atoms with van der Waals surface area (Å²) in [6.45, 7) is -1.20. The van der Waals surface area contributed by atoms with Gasteiger partial charge < -0.3 is 20.6 Å². The first-order chi connectivity index (χ1) is 8.11. The smallest absolute Gasteiger partial charge is 0.397 e. The zero-order chi connectivity index (χ0) is 14.3. The molecule has 0 bridgehead atoms. The van der Waals surface area contributed by atoms with Gasteiger partial charge in [0.2, 0.25) is 0 Å². The normalized spacial score (nSPS) is 15.0. The summed E-state index contributed by atoms with van der Waals surface area (Å²) in [5, 5.41) is 28.4. The second-order valence-electron chi connectivity index (χ2n) is 3.26. The Morgan fingerprint density at radius 2 is 1.83 bits per heavy atom. The molecule has 0 aliphatic carbocycles. The molecule has 0 saturated carbocycles. The summed E-state index contributed by atoms with van der Waals surface area (Å²) < 4.78 is 32.4. The summed E-state index contributed by atoms with van der Waals surface area (Å²) in [4.78, 5) is 20.9. The van der Waals surface area contributed by atoms with Crippen LogP contribution in [0.15, 0.2) is 0 Å². The predicted octanol–water partition coefficient (Wildman–Crippen LogP) is -2.32. The molecule has 0 saturated heterocycles. The number of aliphatic carboxylic acids is 2. The van der Waals surface area contributed by atoms with Gasteiger partial charge in [0.05, 0.1) is 19.1 Å². The molecule has 0 aromatic heterocycles. The molecule has 106 valence electrons. The number of aliphatic hydroxyl groups is 1. The molecule has 10 nitrogen and oxygen atoms in total. The molecular formula is C7H13NO9S. The molecule has 1 unspecified atom stereocenters. The van der Waals surface area contributed by atoms with Gasteiger partial charge in [-0.15, -0.1) is 0 Å².